The van der Waals surface area contributed by atoms with E-state index in [2.05, 4.69) is 15.9 Å². The first kappa shape index (κ1) is 14.0. The second kappa shape index (κ2) is 7.28. The lowest BCUT2D eigenvalue weighted by atomic mass is 9.88. The van der Waals surface area contributed by atoms with Crippen molar-refractivity contribution < 1.29 is 9.53 Å². The molecule has 0 N–H and O–H groups in total. The fraction of sp³-hybridized carbons (Fsp3) is 0.917. The van der Waals surface area contributed by atoms with Gasteiger partial charge in [-0.1, -0.05) is 35.2 Å². The fourth-order valence-corrected chi connectivity index (χ4v) is 2.98. The maximum absolute atomic E-state index is 12.1. The minimum absolute atomic E-state index is 0.232. The summed E-state index contributed by atoms with van der Waals surface area (Å²) in [5.74, 6) is 0.571. The smallest absolute Gasteiger partial charge is 0.225 e. The molecule has 1 aliphatic carbocycles. The number of carbonyl (C=O) groups excluding carboxylic acids is 1. The summed E-state index contributed by atoms with van der Waals surface area (Å²) in [6.45, 7) is 1.37. The van der Waals surface area contributed by atoms with Crippen LogP contribution < -0.4 is 0 Å². The van der Waals surface area contributed by atoms with Crippen LogP contribution in [0.25, 0.3) is 0 Å². The van der Waals surface area contributed by atoms with Crippen molar-refractivity contribution in [3.8, 4) is 0 Å². The van der Waals surface area contributed by atoms with Gasteiger partial charge in [-0.2, -0.15) is 0 Å². The van der Waals surface area contributed by atoms with Crippen LogP contribution in [0, 0.1) is 5.92 Å². The maximum atomic E-state index is 12.1. The third kappa shape index (κ3) is 4.42. The van der Waals surface area contributed by atoms with Crippen molar-refractivity contribution in [3.63, 3.8) is 0 Å². The Labute approximate surface area is 107 Å². The highest BCUT2D eigenvalue weighted by molar-refractivity contribution is 9.09. The van der Waals surface area contributed by atoms with Gasteiger partial charge in [-0.25, -0.2) is 0 Å². The van der Waals surface area contributed by atoms with E-state index < -0.39 is 0 Å². The van der Waals surface area contributed by atoms with Crippen molar-refractivity contribution in [2.75, 3.05) is 27.3 Å². The summed E-state index contributed by atoms with van der Waals surface area (Å²) in [4.78, 5) is 14.2. The van der Waals surface area contributed by atoms with Crippen LogP contribution in [0.4, 0.5) is 0 Å². The second-order valence-electron chi connectivity index (χ2n) is 4.61. The van der Waals surface area contributed by atoms with Crippen LogP contribution in [-0.2, 0) is 9.53 Å². The molecule has 1 atom stereocenters. The molecule has 0 radical (unpaired) electrons. The van der Waals surface area contributed by atoms with Crippen LogP contribution in [0.3, 0.4) is 0 Å². The Balaban J connectivity index is 2.34. The molecule has 0 aliphatic heterocycles. The van der Waals surface area contributed by atoms with Crippen LogP contribution in [-0.4, -0.2) is 42.9 Å². The molecule has 0 saturated heterocycles. The van der Waals surface area contributed by atoms with Gasteiger partial charge in [0, 0.05) is 26.6 Å². The summed E-state index contributed by atoms with van der Waals surface area (Å²) in [5.41, 5.74) is 0. The van der Waals surface area contributed by atoms with Crippen LogP contribution in [0.1, 0.15) is 32.1 Å². The van der Waals surface area contributed by atoms with Gasteiger partial charge in [0.15, 0.2) is 0 Å². The van der Waals surface area contributed by atoms with Gasteiger partial charge in [0.25, 0.3) is 0 Å². The number of nitrogens with zero attached hydrogens (tertiary/aromatic N) is 1. The van der Waals surface area contributed by atoms with E-state index in [9.17, 15) is 4.79 Å². The topological polar surface area (TPSA) is 29.5 Å². The first-order chi connectivity index (χ1) is 7.65. The molecule has 0 bridgehead atoms. The SMILES string of the molecule is COCC(Br)CN(C)C(=O)C1CCCCC1. The number of amides is 1. The van der Waals surface area contributed by atoms with E-state index in [1.807, 2.05) is 11.9 Å². The van der Waals surface area contributed by atoms with Gasteiger partial charge in [-0.05, 0) is 12.8 Å². The standard InChI is InChI=1S/C12H22BrNO2/c1-14(8-11(13)9-16-2)12(15)10-6-4-3-5-7-10/h10-11H,3-9H2,1-2H3. The van der Waals surface area contributed by atoms with Gasteiger partial charge >= 0.3 is 0 Å². The quantitative estimate of drug-likeness (QED) is 0.728. The number of hydrogen-bond donors (Lipinski definition) is 0. The number of alkyl halides is 1. The molecule has 0 heterocycles. The summed E-state index contributed by atoms with van der Waals surface area (Å²) in [6.07, 6.45) is 5.85. The third-order valence-corrected chi connectivity index (χ3v) is 3.70. The number of rotatable bonds is 5. The zero-order valence-electron chi connectivity index (χ0n) is 10.2. The Morgan fingerprint density at radius 2 is 2.06 bits per heavy atom. The Morgan fingerprint density at radius 1 is 1.44 bits per heavy atom. The van der Waals surface area contributed by atoms with Gasteiger partial charge in [-0.15, -0.1) is 0 Å². The van der Waals surface area contributed by atoms with E-state index in [4.69, 9.17) is 4.74 Å². The van der Waals surface area contributed by atoms with Gasteiger partial charge in [0.05, 0.1) is 11.4 Å². The Morgan fingerprint density at radius 3 is 2.62 bits per heavy atom. The predicted octanol–water partition coefficient (Wildman–Crippen LogP) is 2.44. The number of methoxy groups -OCH3 is 1. The summed E-state index contributed by atoms with van der Waals surface area (Å²) in [5, 5.41) is 0. The zero-order valence-corrected chi connectivity index (χ0v) is 11.8. The molecule has 0 spiro atoms. The molecule has 0 aromatic heterocycles. The van der Waals surface area contributed by atoms with Crippen LogP contribution in [0.5, 0.6) is 0 Å². The highest BCUT2D eigenvalue weighted by Gasteiger charge is 2.24. The van der Waals surface area contributed by atoms with Crippen molar-refractivity contribution in [1.82, 2.24) is 4.90 Å². The monoisotopic (exact) mass is 291 g/mol. The average Bonchev–Trinajstić information content (AvgIpc) is 2.29. The molecule has 0 aromatic rings. The van der Waals surface area contributed by atoms with Crippen molar-refractivity contribution in [3.05, 3.63) is 0 Å². The Bertz CT molecular complexity index is 217. The summed E-state index contributed by atoms with van der Waals surface area (Å²) >= 11 is 3.51. The van der Waals surface area contributed by atoms with Gasteiger partial charge in [0.1, 0.15) is 0 Å². The molecule has 1 rings (SSSR count). The van der Waals surface area contributed by atoms with Crippen molar-refractivity contribution in [2.24, 2.45) is 5.92 Å². The second-order valence-corrected chi connectivity index (χ2v) is 5.90. The van der Waals surface area contributed by atoms with E-state index in [1.54, 1.807) is 7.11 Å². The highest BCUT2D eigenvalue weighted by Crippen LogP contribution is 2.25. The summed E-state index contributed by atoms with van der Waals surface area (Å²) in [6, 6.07) is 0. The number of hydrogen-bond acceptors (Lipinski definition) is 2. The third-order valence-electron chi connectivity index (χ3n) is 3.15. The molecular weight excluding hydrogens is 270 g/mol. The highest BCUT2D eigenvalue weighted by atomic mass is 79.9. The molecule has 1 aliphatic rings. The Hall–Kier alpha value is -0.0900. The van der Waals surface area contributed by atoms with E-state index in [1.165, 1.54) is 19.3 Å². The van der Waals surface area contributed by atoms with E-state index in [-0.39, 0.29) is 10.7 Å². The van der Waals surface area contributed by atoms with E-state index >= 15 is 0 Å². The van der Waals surface area contributed by atoms with Crippen LogP contribution in [0.15, 0.2) is 0 Å². The molecular formula is C12H22BrNO2. The Kier molecular flexibility index (Phi) is 6.36. The van der Waals surface area contributed by atoms with Gasteiger partial charge < -0.3 is 9.64 Å². The molecule has 3 nitrogen and oxygen atoms in total. The number of halogens is 1. The lowest BCUT2D eigenvalue weighted by molar-refractivity contribution is -0.135. The lowest BCUT2D eigenvalue weighted by Gasteiger charge is -2.27. The van der Waals surface area contributed by atoms with Gasteiger partial charge in [0.2, 0.25) is 5.91 Å². The summed E-state index contributed by atoms with van der Waals surface area (Å²) in [7, 11) is 3.57. The minimum Gasteiger partial charge on any atom is -0.383 e. The van der Waals surface area contributed by atoms with E-state index in [0.717, 1.165) is 19.4 Å². The maximum Gasteiger partial charge on any atom is 0.225 e. The molecule has 94 valence electrons. The molecule has 1 amide bonds. The largest absolute Gasteiger partial charge is 0.383 e. The van der Waals surface area contributed by atoms with Crippen molar-refractivity contribution >= 4 is 21.8 Å². The summed E-state index contributed by atoms with van der Waals surface area (Å²) < 4.78 is 5.04. The minimum atomic E-state index is 0.232. The predicted molar refractivity (Wildman–Crippen MR) is 68.8 cm³/mol. The van der Waals surface area contributed by atoms with Crippen molar-refractivity contribution in [1.29, 1.82) is 0 Å². The van der Waals surface area contributed by atoms with Crippen molar-refractivity contribution in [2.45, 2.75) is 36.9 Å². The normalized spacial score (nSPS) is 19.4. The molecule has 1 unspecified atom stereocenters. The molecule has 1 saturated carbocycles. The van der Waals surface area contributed by atoms with E-state index in [0.29, 0.717) is 12.5 Å². The molecule has 1 fully saturated rings. The molecule has 4 heteroatoms. The molecule has 0 aromatic carbocycles. The lowest BCUT2D eigenvalue weighted by Crippen LogP contribution is -2.38. The number of ether oxygens (including phenoxy) is 1. The molecule has 16 heavy (non-hydrogen) atoms. The van der Waals surface area contributed by atoms with Crippen LogP contribution in [0.2, 0.25) is 0 Å². The average molecular weight is 292 g/mol. The number of carbonyl (C=O) groups is 1. The van der Waals surface area contributed by atoms with Crippen LogP contribution >= 0.6 is 15.9 Å². The first-order valence-electron chi connectivity index (χ1n) is 6.03. The first-order valence-corrected chi connectivity index (χ1v) is 6.94. The zero-order chi connectivity index (χ0) is 12.0. The van der Waals surface area contributed by atoms with Gasteiger partial charge in [-0.3, -0.25) is 4.79 Å². The fourth-order valence-electron chi connectivity index (χ4n) is 2.28.